The highest BCUT2D eigenvalue weighted by Crippen LogP contribution is 2.47. The van der Waals surface area contributed by atoms with Crippen LogP contribution in [0.25, 0.3) is 5.65 Å². The van der Waals surface area contributed by atoms with Gasteiger partial charge in [0.1, 0.15) is 17.2 Å². The molecule has 1 fully saturated rings. The monoisotopic (exact) mass is 379 g/mol. The molecule has 0 bridgehead atoms. The van der Waals surface area contributed by atoms with Crippen molar-refractivity contribution in [3.8, 4) is 0 Å². The molecular formula is C17H18ClN3O3S. The van der Waals surface area contributed by atoms with Crippen LogP contribution in [-0.2, 0) is 16.6 Å². The summed E-state index contributed by atoms with van der Waals surface area (Å²) < 4.78 is 34.5. The van der Waals surface area contributed by atoms with Crippen LogP contribution in [0.5, 0.6) is 0 Å². The van der Waals surface area contributed by atoms with Crippen molar-refractivity contribution in [1.82, 2.24) is 13.7 Å². The summed E-state index contributed by atoms with van der Waals surface area (Å²) in [5.41, 5.74) is 0.488. The number of hydrogen-bond acceptors (Lipinski definition) is 4. The molecule has 3 aromatic rings. The van der Waals surface area contributed by atoms with E-state index >= 15 is 0 Å². The maximum Gasteiger partial charge on any atom is 0.262 e. The average Bonchev–Trinajstić information content (AvgIpc) is 2.97. The van der Waals surface area contributed by atoms with Gasteiger partial charge in [0.2, 0.25) is 0 Å². The Morgan fingerprint density at radius 2 is 2.12 bits per heavy atom. The summed E-state index contributed by atoms with van der Waals surface area (Å²) in [7, 11) is -2.31. The summed E-state index contributed by atoms with van der Waals surface area (Å²) in [6.07, 6.45) is 2.76. The van der Waals surface area contributed by atoms with Crippen LogP contribution in [0.3, 0.4) is 0 Å². The van der Waals surface area contributed by atoms with Crippen molar-refractivity contribution >= 4 is 27.3 Å². The SMILES string of the molecule is C[C@@H]1C[C@H]1c1ccc(CN(C)S(=O)(=O)c2c(Cl)nc3ccccn23)o1. The predicted molar refractivity (Wildman–Crippen MR) is 94.1 cm³/mol. The molecule has 6 nitrogen and oxygen atoms in total. The summed E-state index contributed by atoms with van der Waals surface area (Å²) in [5, 5.41) is -0.0696. The van der Waals surface area contributed by atoms with Crippen LogP contribution in [-0.4, -0.2) is 29.2 Å². The van der Waals surface area contributed by atoms with E-state index in [1.165, 1.54) is 15.8 Å². The minimum Gasteiger partial charge on any atom is -0.464 e. The fourth-order valence-corrected chi connectivity index (χ4v) is 4.75. The number of nitrogens with zero attached hydrogens (tertiary/aromatic N) is 3. The third-order valence-electron chi connectivity index (χ3n) is 4.64. The van der Waals surface area contributed by atoms with E-state index in [4.69, 9.17) is 16.0 Å². The molecular weight excluding hydrogens is 362 g/mol. The molecule has 2 atom stereocenters. The molecule has 0 spiro atoms. The van der Waals surface area contributed by atoms with Crippen LogP contribution in [0.1, 0.15) is 30.8 Å². The predicted octanol–water partition coefficient (Wildman–Crippen LogP) is 3.52. The number of furan rings is 1. The number of halogens is 1. The van der Waals surface area contributed by atoms with Gasteiger partial charge in [-0.15, -0.1) is 0 Å². The lowest BCUT2D eigenvalue weighted by Gasteiger charge is -2.15. The van der Waals surface area contributed by atoms with Crippen LogP contribution in [0.15, 0.2) is 46.0 Å². The van der Waals surface area contributed by atoms with E-state index in [1.807, 2.05) is 12.1 Å². The van der Waals surface area contributed by atoms with Gasteiger partial charge in [0.25, 0.3) is 10.0 Å². The third-order valence-corrected chi connectivity index (χ3v) is 6.84. The van der Waals surface area contributed by atoms with Crippen LogP contribution >= 0.6 is 11.6 Å². The lowest BCUT2D eigenvalue weighted by Crippen LogP contribution is -2.27. The highest BCUT2D eigenvalue weighted by molar-refractivity contribution is 7.89. The van der Waals surface area contributed by atoms with Gasteiger partial charge in [-0.1, -0.05) is 24.6 Å². The van der Waals surface area contributed by atoms with Crippen molar-refractivity contribution in [1.29, 1.82) is 0 Å². The molecule has 1 aliphatic rings. The zero-order chi connectivity index (χ0) is 17.8. The van der Waals surface area contributed by atoms with Crippen LogP contribution in [0.4, 0.5) is 0 Å². The Labute approximate surface area is 151 Å². The standard InChI is InChI=1S/C17H18ClN3O3S/c1-11-9-13(11)14-7-6-12(24-14)10-20(2)25(22,23)17-16(18)19-15-5-3-4-8-21(15)17/h3-8,11,13H,9-10H2,1-2H3/t11-,13-/m1/s1. The van der Waals surface area contributed by atoms with Gasteiger partial charge in [-0.05, 0) is 36.6 Å². The van der Waals surface area contributed by atoms with Gasteiger partial charge >= 0.3 is 0 Å². The third kappa shape index (κ3) is 2.86. The van der Waals surface area contributed by atoms with Crippen LogP contribution in [0.2, 0.25) is 5.15 Å². The van der Waals surface area contributed by atoms with E-state index in [0.29, 0.717) is 23.2 Å². The van der Waals surface area contributed by atoms with E-state index in [2.05, 4.69) is 11.9 Å². The van der Waals surface area contributed by atoms with E-state index in [0.717, 1.165) is 12.2 Å². The minimum atomic E-state index is -3.82. The van der Waals surface area contributed by atoms with Crippen LogP contribution in [0, 0.1) is 5.92 Å². The Morgan fingerprint density at radius 1 is 1.36 bits per heavy atom. The zero-order valence-corrected chi connectivity index (χ0v) is 15.5. The minimum absolute atomic E-state index is 0.0325. The van der Waals surface area contributed by atoms with Crippen molar-refractivity contribution in [2.45, 2.75) is 30.8 Å². The van der Waals surface area contributed by atoms with Crippen molar-refractivity contribution in [3.63, 3.8) is 0 Å². The fourth-order valence-electron chi connectivity index (χ4n) is 3.02. The zero-order valence-electron chi connectivity index (χ0n) is 13.9. The lowest BCUT2D eigenvalue weighted by molar-refractivity contribution is 0.388. The maximum absolute atomic E-state index is 13.0. The topological polar surface area (TPSA) is 67.8 Å². The molecule has 4 rings (SSSR count). The summed E-state index contributed by atoms with van der Waals surface area (Å²) in [4.78, 5) is 4.11. The number of rotatable bonds is 5. The summed E-state index contributed by atoms with van der Waals surface area (Å²) >= 11 is 6.11. The maximum atomic E-state index is 13.0. The summed E-state index contributed by atoms with van der Waals surface area (Å²) in [5.74, 6) is 2.65. The number of sulfonamides is 1. The molecule has 0 amide bonds. The van der Waals surface area contributed by atoms with Crippen molar-refractivity contribution < 1.29 is 12.8 Å². The average molecular weight is 380 g/mol. The highest BCUT2D eigenvalue weighted by atomic mass is 35.5. The molecule has 0 aliphatic heterocycles. The number of aromatic nitrogens is 2. The van der Waals surface area contributed by atoms with Crippen molar-refractivity contribution in [2.75, 3.05) is 7.05 Å². The first-order valence-corrected chi connectivity index (χ1v) is 9.87. The van der Waals surface area contributed by atoms with E-state index < -0.39 is 10.0 Å². The van der Waals surface area contributed by atoms with Gasteiger partial charge in [0, 0.05) is 19.2 Å². The molecule has 0 radical (unpaired) electrons. The molecule has 1 saturated carbocycles. The second-order valence-electron chi connectivity index (χ2n) is 6.52. The van der Waals surface area contributed by atoms with Crippen molar-refractivity contribution in [3.05, 3.63) is 53.2 Å². The molecule has 0 N–H and O–H groups in total. The summed E-state index contributed by atoms with van der Waals surface area (Å²) in [6.45, 7) is 2.32. The van der Waals surface area contributed by atoms with E-state index in [-0.39, 0.29) is 16.7 Å². The van der Waals surface area contributed by atoms with Gasteiger partial charge in [-0.3, -0.25) is 4.40 Å². The number of hydrogen-bond donors (Lipinski definition) is 0. The normalized spacial score (nSPS) is 20.5. The Kier molecular flexibility index (Phi) is 3.90. The Balaban J connectivity index is 1.63. The Bertz CT molecular complexity index is 1040. The van der Waals surface area contributed by atoms with E-state index in [1.54, 1.807) is 24.4 Å². The van der Waals surface area contributed by atoms with Gasteiger partial charge in [0.15, 0.2) is 10.2 Å². The first-order valence-electron chi connectivity index (χ1n) is 8.05. The molecule has 0 unspecified atom stereocenters. The smallest absolute Gasteiger partial charge is 0.262 e. The molecule has 0 aromatic carbocycles. The number of imidazole rings is 1. The van der Waals surface area contributed by atoms with E-state index in [9.17, 15) is 8.42 Å². The molecule has 0 saturated heterocycles. The Morgan fingerprint density at radius 3 is 2.84 bits per heavy atom. The molecule has 8 heteroatoms. The number of fused-ring (bicyclic) bond motifs is 1. The molecule has 132 valence electrons. The second-order valence-corrected chi connectivity index (χ2v) is 8.84. The molecule has 25 heavy (non-hydrogen) atoms. The summed E-state index contributed by atoms with van der Waals surface area (Å²) in [6, 6.07) is 9.00. The van der Waals surface area contributed by atoms with Gasteiger partial charge in [-0.25, -0.2) is 13.4 Å². The number of pyridine rings is 1. The molecule has 3 aromatic heterocycles. The molecule has 3 heterocycles. The van der Waals surface area contributed by atoms with Crippen molar-refractivity contribution in [2.24, 2.45) is 5.92 Å². The Hall–Kier alpha value is -1.83. The fraction of sp³-hybridized carbons (Fsp3) is 0.353. The van der Waals surface area contributed by atoms with Gasteiger partial charge in [-0.2, -0.15) is 4.31 Å². The largest absolute Gasteiger partial charge is 0.464 e. The molecule has 1 aliphatic carbocycles. The highest BCUT2D eigenvalue weighted by Gasteiger charge is 2.37. The van der Waals surface area contributed by atoms with Crippen LogP contribution < -0.4 is 0 Å². The first kappa shape index (κ1) is 16.6. The van der Waals surface area contributed by atoms with Gasteiger partial charge < -0.3 is 4.42 Å². The quantitative estimate of drug-likeness (QED) is 0.680. The second kappa shape index (κ2) is 5.86. The lowest BCUT2D eigenvalue weighted by atomic mass is 10.3. The first-order chi connectivity index (χ1) is 11.9. The van der Waals surface area contributed by atoms with Gasteiger partial charge in [0.05, 0.1) is 6.54 Å².